The number of hydrogen-bond donors (Lipinski definition) is 0. The lowest BCUT2D eigenvalue weighted by molar-refractivity contribution is 0.226. The number of epoxide rings is 1. The fraction of sp³-hybridized carbons (Fsp3) is 0.538. The molecule has 1 saturated heterocycles. The lowest BCUT2D eigenvalue weighted by Gasteiger charge is -2.29. The number of nitrogens with zero attached hydrogens (tertiary/aromatic N) is 1. The van der Waals surface area contributed by atoms with E-state index in [0.29, 0.717) is 6.10 Å². The highest BCUT2D eigenvalue weighted by molar-refractivity contribution is 5.36. The van der Waals surface area contributed by atoms with Crippen LogP contribution < -0.4 is 0 Å². The molecule has 0 amide bonds. The number of fused-ring (bicyclic) bond motifs is 1. The summed E-state index contributed by atoms with van der Waals surface area (Å²) in [6, 6.07) is 6.66. The summed E-state index contributed by atoms with van der Waals surface area (Å²) >= 11 is 0. The first kappa shape index (κ1) is 9.37. The van der Waals surface area contributed by atoms with Crippen LogP contribution in [-0.4, -0.2) is 30.7 Å². The minimum atomic E-state index is 0.524. The first-order valence-electron chi connectivity index (χ1n) is 5.74. The normalized spacial score (nSPS) is 25.0. The van der Waals surface area contributed by atoms with Crippen LogP contribution in [0.5, 0.6) is 0 Å². The van der Waals surface area contributed by atoms with Crippen molar-refractivity contribution in [3.63, 3.8) is 0 Å². The van der Waals surface area contributed by atoms with Gasteiger partial charge in [0, 0.05) is 19.6 Å². The summed E-state index contributed by atoms with van der Waals surface area (Å²) in [5, 5.41) is 0. The Balaban J connectivity index is 1.77. The minimum absolute atomic E-state index is 0.524. The van der Waals surface area contributed by atoms with Gasteiger partial charge in [0.05, 0.1) is 12.7 Å². The molecule has 1 atom stereocenters. The van der Waals surface area contributed by atoms with E-state index in [1.807, 2.05) is 0 Å². The van der Waals surface area contributed by atoms with E-state index in [0.717, 1.165) is 19.7 Å². The van der Waals surface area contributed by atoms with Crippen molar-refractivity contribution in [2.45, 2.75) is 26.0 Å². The molecule has 80 valence electrons. The Hall–Kier alpha value is -0.860. The SMILES string of the molecule is Cc1cccc2c1CCN(CC1CO1)C2. The van der Waals surface area contributed by atoms with Gasteiger partial charge in [0.25, 0.3) is 0 Å². The van der Waals surface area contributed by atoms with E-state index in [9.17, 15) is 0 Å². The van der Waals surface area contributed by atoms with Crippen molar-refractivity contribution in [2.75, 3.05) is 19.7 Å². The van der Waals surface area contributed by atoms with Crippen LogP contribution in [0.4, 0.5) is 0 Å². The van der Waals surface area contributed by atoms with E-state index < -0.39 is 0 Å². The van der Waals surface area contributed by atoms with Crippen LogP contribution in [0.25, 0.3) is 0 Å². The summed E-state index contributed by atoms with van der Waals surface area (Å²) < 4.78 is 5.28. The highest BCUT2D eigenvalue weighted by Gasteiger charge is 2.27. The van der Waals surface area contributed by atoms with Crippen molar-refractivity contribution in [2.24, 2.45) is 0 Å². The molecule has 0 N–H and O–H groups in total. The van der Waals surface area contributed by atoms with Gasteiger partial charge in [-0.05, 0) is 30.0 Å². The van der Waals surface area contributed by atoms with Crippen LogP contribution in [-0.2, 0) is 17.7 Å². The standard InChI is InChI=1S/C13H17NO/c1-10-3-2-4-11-7-14(6-5-13(10)11)8-12-9-15-12/h2-4,12H,5-9H2,1H3. The molecule has 0 bridgehead atoms. The van der Waals surface area contributed by atoms with E-state index in [4.69, 9.17) is 4.74 Å². The molecule has 1 aromatic rings. The third kappa shape index (κ3) is 1.92. The van der Waals surface area contributed by atoms with Crippen molar-refractivity contribution in [1.82, 2.24) is 4.90 Å². The summed E-state index contributed by atoms with van der Waals surface area (Å²) in [5.41, 5.74) is 4.54. The minimum Gasteiger partial charge on any atom is -0.372 e. The van der Waals surface area contributed by atoms with Crippen LogP contribution >= 0.6 is 0 Å². The summed E-state index contributed by atoms with van der Waals surface area (Å²) in [6.07, 6.45) is 1.73. The van der Waals surface area contributed by atoms with Crippen LogP contribution in [0.1, 0.15) is 16.7 Å². The van der Waals surface area contributed by atoms with Crippen molar-refractivity contribution < 1.29 is 4.74 Å². The number of ether oxygens (including phenoxy) is 1. The molecule has 0 aliphatic carbocycles. The summed E-state index contributed by atoms with van der Waals surface area (Å²) in [6.45, 7) is 6.61. The monoisotopic (exact) mass is 203 g/mol. The fourth-order valence-electron chi connectivity index (χ4n) is 2.48. The third-order valence-corrected chi connectivity index (χ3v) is 3.44. The molecular formula is C13H17NO. The van der Waals surface area contributed by atoms with E-state index >= 15 is 0 Å². The lowest BCUT2D eigenvalue weighted by atomic mass is 9.95. The van der Waals surface area contributed by atoms with Gasteiger partial charge in [-0.1, -0.05) is 18.2 Å². The molecule has 2 aliphatic heterocycles. The molecule has 1 aromatic carbocycles. The molecule has 1 unspecified atom stereocenters. The first-order valence-corrected chi connectivity index (χ1v) is 5.74. The van der Waals surface area contributed by atoms with Gasteiger partial charge in [0.1, 0.15) is 0 Å². The lowest BCUT2D eigenvalue weighted by Crippen LogP contribution is -2.33. The molecule has 0 radical (unpaired) electrons. The molecule has 0 aromatic heterocycles. The summed E-state index contributed by atoms with van der Waals surface area (Å²) in [7, 11) is 0. The van der Waals surface area contributed by atoms with Crippen LogP contribution in [0.15, 0.2) is 18.2 Å². The fourth-order valence-corrected chi connectivity index (χ4v) is 2.48. The smallest absolute Gasteiger partial charge is 0.0936 e. The molecule has 2 aliphatic rings. The molecule has 2 heteroatoms. The largest absolute Gasteiger partial charge is 0.372 e. The van der Waals surface area contributed by atoms with Gasteiger partial charge in [-0.25, -0.2) is 0 Å². The average molecular weight is 203 g/mol. The quantitative estimate of drug-likeness (QED) is 0.681. The zero-order valence-corrected chi connectivity index (χ0v) is 9.20. The Morgan fingerprint density at radius 1 is 1.47 bits per heavy atom. The highest BCUT2D eigenvalue weighted by atomic mass is 16.6. The molecule has 1 fully saturated rings. The van der Waals surface area contributed by atoms with Gasteiger partial charge in [-0.15, -0.1) is 0 Å². The molecule has 15 heavy (non-hydrogen) atoms. The van der Waals surface area contributed by atoms with Crippen LogP contribution in [0.2, 0.25) is 0 Å². The van der Waals surface area contributed by atoms with E-state index in [1.54, 1.807) is 5.56 Å². The average Bonchev–Trinajstić information content (AvgIpc) is 3.02. The first-order chi connectivity index (χ1) is 7.33. The second-order valence-electron chi connectivity index (χ2n) is 4.65. The second-order valence-corrected chi connectivity index (χ2v) is 4.65. The summed E-state index contributed by atoms with van der Waals surface area (Å²) in [4.78, 5) is 2.51. The number of hydrogen-bond acceptors (Lipinski definition) is 2. The molecular weight excluding hydrogens is 186 g/mol. The van der Waals surface area contributed by atoms with Gasteiger partial charge in [-0.2, -0.15) is 0 Å². The number of aryl methyl sites for hydroxylation is 1. The van der Waals surface area contributed by atoms with Gasteiger partial charge in [0.2, 0.25) is 0 Å². The van der Waals surface area contributed by atoms with Crippen LogP contribution in [0, 0.1) is 6.92 Å². The number of rotatable bonds is 2. The van der Waals surface area contributed by atoms with Crippen molar-refractivity contribution >= 4 is 0 Å². The van der Waals surface area contributed by atoms with Crippen molar-refractivity contribution in [3.05, 3.63) is 34.9 Å². The molecule has 3 rings (SSSR count). The third-order valence-electron chi connectivity index (χ3n) is 3.44. The topological polar surface area (TPSA) is 15.8 Å². The van der Waals surface area contributed by atoms with E-state index in [1.165, 1.54) is 24.1 Å². The predicted octanol–water partition coefficient (Wildman–Crippen LogP) is 1.75. The zero-order chi connectivity index (χ0) is 10.3. The van der Waals surface area contributed by atoms with Gasteiger partial charge in [0.15, 0.2) is 0 Å². The van der Waals surface area contributed by atoms with Gasteiger partial charge in [-0.3, -0.25) is 4.90 Å². The maximum absolute atomic E-state index is 5.28. The zero-order valence-electron chi connectivity index (χ0n) is 9.20. The molecule has 0 spiro atoms. The molecule has 2 nitrogen and oxygen atoms in total. The Morgan fingerprint density at radius 3 is 3.13 bits per heavy atom. The van der Waals surface area contributed by atoms with Crippen molar-refractivity contribution in [3.8, 4) is 0 Å². The summed E-state index contributed by atoms with van der Waals surface area (Å²) in [5.74, 6) is 0. The second kappa shape index (κ2) is 3.62. The van der Waals surface area contributed by atoms with E-state index in [-0.39, 0.29) is 0 Å². The van der Waals surface area contributed by atoms with E-state index in [2.05, 4.69) is 30.0 Å². The Morgan fingerprint density at radius 2 is 2.33 bits per heavy atom. The Labute approximate surface area is 90.8 Å². The van der Waals surface area contributed by atoms with Gasteiger partial charge >= 0.3 is 0 Å². The number of benzene rings is 1. The predicted molar refractivity (Wildman–Crippen MR) is 59.9 cm³/mol. The maximum Gasteiger partial charge on any atom is 0.0936 e. The highest BCUT2D eigenvalue weighted by Crippen LogP contribution is 2.23. The van der Waals surface area contributed by atoms with Crippen LogP contribution in [0.3, 0.4) is 0 Å². The van der Waals surface area contributed by atoms with Crippen molar-refractivity contribution in [1.29, 1.82) is 0 Å². The van der Waals surface area contributed by atoms with Gasteiger partial charge < -0.3 is 4.74 Å². The Bertz CT molecular complexity index is 371. The maximum atomic E-state index is 5.28. The Kier molecular flexibility index (Phi) is 2.26. The molecule has 0 saturated carbocycles. The molecule has 2 heterocycles.